The molecule has 3 atom stereocenters. The maximum absolute atomic E-state index is 11.9. The van der Waals surface area contributed by atoms with E-state index in [4.69, 9.17) is 9.47 Å². The van der Waals surface area contributed by atoms with Crippen molar-refractivity contribution in [1.82, 2.24) is 25.5 Å². The van der Waals surface area contributed by atoms with E-state index in [0.717, 1.165) is 16.7 Å². The zero-order valence-corrected chi connectivity index (χ0v) is 19.9. The summed E-state index contributed by atoms with van der Waals surface area (Å²) in [4.78, 5) is 11.9. The van der Waals surface area contributed by atoms with Gasteiger partial charge in [-0.2, -0.15) is 0 Å². The summed E-state index contributed by atoms with van der Waals surface area (Å²) in [5.74, 6) is 0.649. The Balaban J connectivity index is 1.53. The fourth-order valence-electron chi connectivity index (χ4n) is 3.63. The van der Waals surface area contributed by atoms with Gasteiger partial charge in [0.1, 0.15) is 0 Å². The number of aliphatic hydroxyl groups is 1. The van der Waals surface area contributed by atoms with Crippen LogP contribution >= 0.6 is 11.8 Å². The number of tetrazole rings is 1. The lowest BCUT2D eigenvalue weighted by molar-refractivity contribution is -0.245. The first-order valence-corrected chi connectivity index (χ1v) is 12.0. The smallest absolute Gasteiger partial charge is 0.319 e. The average Bonchev–Trinajstić information content (AvgIpc) is 3.27. The van der Waals surface area contributed by atoms with Crippen LogP contribution in [0.3, 0.4) is 0 Å². The van der Waals surface area contributed by atoms with Gasteiger partial charge in [-0.25, -0.2) is 9.48 Å². The number of amides is 2. The van der Waals surface area contributed by atoms with Crippen molar-refractivity contribution >= 4 is 23.5 Å². The summed E-state index contributed by atoms with van der Waals surface area (Å²) in [6.07, 6.45) is -0.280. The number of aromatic nitrogens is 4. The number of ether oxygens (including phenoxy) is 2. The van der Waals surface area contributed by atoms with Gasteiger partial charge in [0.2, 0.25) is 5.16 Å². The minimum Gasteiger partial charge on any atom is -0.392 e. The van der Waals surface area contributed by atoms with Crippen molar-refractivity contribution in [3.63, 3.8) is 0 Å². The van der Waals surface area contributed by atoms with Crippen molar-refractivity contribution in [3.8, 4) is 0 Å². The van der Waals surface area contributed by atoms with Gasteiger partial charge in [-0.1, -0.05) is 48.2 Å². The highest BCUT2D eigenvalue weighted by Gasteiger charge is 2.32. The summed E-state index contributed by atoms with van der Waals surface area (Å²) < 4.78 is 14.3. The van der Waals surface area contributed by atoms with Crippen molar-refractivity contribution in [2.75, 3.05) is 17.6 Å². The van der Waals surface area contributed by atoms with Crippen LogP contribution in [0.1, 0.15) is 42.4 Å². The Morgan fingerprint density at radius 1 is 1.21 bits per heavy atom. The minimum absolute atomic E-state index is 0.00601. The normalized spacial score (nSPS) is 20.1. The molecule has 0 spiro atoms. The number of thioether (sulfide) groups is 1. The molecule has 1 fully saturated rings. The Kier molecular flexibility index (Phi) is 8.12. The molecule has 2 amide bonds. The van der Waals surface area contributed by atoms with E-state index in [1.54, 1.807) is 11.7 Å². The molecule has 3 aromatic rings. The number of rotatable bonds is 8. The lowest BCUT2D eigenvalue weighted by atomic mass is 10.0. The number of benzene rings is 2. The SMILES string of the molecule is CCNC(=O)Nc1cccc([C@@H]2O[C@H](CSc3nnnn3C)C[C@H](c3ccc(CO)cc3)O2)c1. The molecule has 1 aliphatic rings. The Morgan fingerprint density at radius 2 is 2.03 bits per heavy atom. The van der Waals surface area contributed by atoms with Gasteiger partial charge in [0.25, 0.3) is 0 Å². The fourth-order valence-corrected chi connectivity index (χ4v) is 4.50. The molecule has 10 nitrogen and oxygen atoms in total. The number of nitrogens with one attached hydrogen (secondary N) is 2. The van der Waals surface area contributed by atoms with Gasteiger partial charge in [-0.05, 0) is 40.6 Å². The first-order valence-electron chi connectivity index (χ1n) is 11.1. The molecule has 2 heterocycles. The van der Waals surface area contributed by atoms with Crippen LogP contribution < -0.4 is 10.6 Å². The molecular weight excluding hydrogens is 456 g/mol. The second kappa shape index (κ2) is 11.4. The third-order valence-electron chi connectivity index (χ3n) is 5.35. The summed E-state index contributed by atoms with van der Waals surface area (Å²) >= 11 is 1.53. The second-order valence-corrected chi connectivity index (χ2v) is 8.84. The van der Waals surface area contributed by atoms with Gasteiger partial charge in [-0.3, -0.25) is 0 Å². The van der Waals surface area contributed by atoms with E-state index in [1.165, 1.54) is 11.8 Å². The standard InChI is InChI=1S/C23H28N6O4S/c1-3-24-22(31)25-18-6-4-5-17(11-18)21-32-19(14-34-23-26-27-28-29(23)2)12-20(33-21)16-9-7-15(13-30)8-10-16/h4-11,19-21,30H,3,12-14H2,1-2H3,(H2,24,25,31)/t19-,20+,21+/m0/s1. The zero-order chi connectivity index (χ0) is 23.9. The molecule has 0 aliphatic carbocycles. The van der Waals surface area contributed by atoms with Gasteiger partial charge in [-0.15, -0.1) is 5.10 Å². The largest absolute Gasteiger partial charge is 0.392 e. The van der Waals surface area contributed by atoms with E-state index in [2.05, 4.69) is 26.2 Å². The maximum Gasteiger partial charge on any atom is 0.319 e. The second-order valence-electron chi connectivity index (χ2n) is 7.86. The van der Waals surface area contributed by atoms with Crippen LogP contribution in [0.15, 0.2) is 53.7 Å². The molecule has 1 aliphatic heterocycles. The molecule has 0 unspecified atom stereocenters. The van der Waals surface area contributed by atoms with Crippen LogP contribution in [0.5, 0.6) is 0 Å². The Morgan fingerprint density at radius 3 is 2.74 bits per heavy atom. The molecule has 34 heavy (non-hydrogen) atoms. The number of aryl methyl sites for hydroxylation is 1. The molecule has 0 bridgehead atoms. The number of urea groups is 1. The minimum atomic E-state index is -0.615. The third kappa shape index (κ3) is 6.11. The van der Waals surface area contributed by atoms with Gasteiger partial charge in [0.05, 0.1) is 18.8 Å². The van der Waals surface area contributed by atoms with Crippen LogP contribution in [0.25, 0.3) is 0 Å². The molecule has 1 saturated heterocycles. The Bertz CT molecular complexity index is 1090. The number of anilines is 1. The van der Waals surface area contributed by atoms with E-state index in [0.29, 0.717) is 29.6 Å². The first kappa shape index (κ1) is 24.1. The molecule has 0 saturated carbocycles. The summed E-state index contributed by atoms with van der Waals surface area (Å²) in [7, 11) is 1.80. The van der Waals surface area contributed by atoms with Gasteiger partial charge < -0.3 is 25.2 Å². The van der Waals surface area contributed by atoms with Crippen molar-refractivity contribution in [2.45, 2.75) is 43.6 Å². The van der Waals surface area contributed by atoms with Crippen molar-refractivity contribution < 1.29 is 19.4 Å². The summed E-state index contributed by atoms with van der Waals surface area (Å²) in [5.41, 5.74) is 3.32. The lowest BCUT2D eigenvalue weighted by Crippen LogP contribution is -2.31. The molecule has 11 heteroatoms. The predicted molar refractivity (Wildman–Crippen MR) is 127 cm³/mol. The van der Waals surface area contributed by atoms with Crippen molar-refractivity contribution in [2.24, 2.45) is 7.05 Å². The summed E-state index contributed by atoms with van der Waals surface area (Å²) in [6.45, 7) is 2.40. The van der Waals surface area contributed by atoms with E-state index in [1.807, 2.05) is 55.5 Å². The zero-order valence-electron chi connectivity index (χ0n) is 19.0. The van der Waals surface area contributed by atoms with E-state index in [9.17, 15) is 9.90 Å². The predicted octanol–water partition coefficient (Wildman–Crippen LogP) is 3.18. The van der Waals surface area contributed by atoms with Crippen molar-refractivity contribution in [1.29, 1.82) is 0 Å². The van der Waals surface area contributed by atoms with Gasteiger partial charge in [0.15, 0.2) is 6.29 Å². The number of carbonyl (C=O) groups excluding carboxylic acids is 1. The third-order valence-corrected chi connectivity index (χ3v) is 6.49. The topological polar surface area (TPSA) is 123 Å². The monoisotopic (exact) mass is 484 g/mol. The molecule has 3 N–H and O–H groups in total. The molecule has 4 rings (SSSR count). The molecule has 180 valence electrons. The highest BCUT2D eigenvalue weighted by molar-refractivity contribution is 7.99. The average molecular weight is 485 g/mol. The van der Waals surface area contributed by atoms with E-state index >= 15 is 0 Å². The van der Waals surface area contributed by atoms with Crippen LogP contribution in [-0.4, -0.2) is 49.7 Å². The number of nitrogens with zero attached hydrogens (tertiary/aromatic N) is 4. The highest BCUT2D eigenvalue weighted by Crippen LogP contribution is 2.39. The number of hydrogen-bond donors (Lipinski definition) is 3. The van der Waals surface area contributed by atoms with E-state index < -0.39 is 6.29 Å². The number of carbonyl (C=O) groups is 1. The highest BCUT2D eigenvalue weighted by atomic mass is 32.2. The fraction of sp³-hybridized carbons (Fsp3) is 0.391. The van der Waals surface area contributed by atoms with Crippen LogP contribution in [-0.2, 0) is 23.1 Å². The lowest BCUT2D eigenvalue weighted by Gasteiger charge is -2.36. The van der Waals surface area contributed by atoms with Crippen molar-refractivity contribution in [3.05, 3.63) is 65.2 Å². The van der Waals surface area contributed by atoms with E-state index in [-0.39, 0.29) is 24.8 Å². The van der Waals surface area contributed by atoms with Gasteiger partial charge in [0, 0.05) is 37.0 Å². The summed E-state index contributed by atoms with van der Waals surface area (Å²) in [5, 5.41) is 27.2. The van der Waals surface area contributed by atoms with Gasteiger partial charge >= 0.3 is 6.03 Å². The number of aliphatic hydroxyl groups excluding tert-OH is 1. The Hall–Kier alpha value is -2.99. The van der Waals surface area contributed by atoms with Crippen LogP contribution in [0, 0.1) is 0 Å². The molecule has 0 radical (unpaired) electrons. The molecule has 1 aromatic heterocycles. The van der Waals surface area contributed by atoms with Crippen LogP contribution in [0.2, 0.25) is 0 Å². The number of hydrogen-bond acceptors (Lipinski definition) is 8. The van der Waals surface area contributed by atoms with Crippen LogP contribution in [0.4, 0.5) is 10.5 Å². The maximum atomic E-state index is 11.9. The molecular formula is C23H28N6O4S. The molecule has 2 aromatic carbocycles. The first-order chi connectivity index (χ1) is 16.6. The Labute approximate surface area is 202 Å². The quantitative estimate of drug-likeness (QED) is 0.417. The summed E-state index contributed by atoms with van der Waals surface area (Å²) in [6, 6.07) is 14.9.